The number of hydrogen-bond acceptors (Lipinski definition) is 5. The second-order valence-corrected chi connectivity index (χ2v) is 7.31. The number of benzene rings is 1. The normalized spacial score (nSPS) is 19.2. The number of halogens is 2. The fraction of sp³-hybridized carbons (Fsp3) is 0.400. The Morgan fingerprint density at radius 2 is 2.11 bits per heavy atom. The van der Waals surface area contributed by atoms with Crippen LogP contribution in [0, 0.1) is 11.6 Å². The number of rotatable bonds is 5. The van der Waals surface area contributed by atoms with Gasteiger partial charge in [0.1, 0.15) is 23.7 Å². The van der Waals surface area contributed by atoms with Crippen LogP contribution < -0.4 is 16.1 Å². The van der Waals surface area contributed by atoms with Crippen molar-refractivity contribution < 1.29 is 18.3 Å². The molecule has 2 fully saturated rings. The molecule has 1 atom stereocenters. The van der Waals surface area contributed by atoms with E-state index in [-0.39, 0.29) is 40.8 Å². The van der Waals surface area contributed by atoms with E-state index in [1.165, 1.54) is 12.3 Å². The molecule has 148 valence electrons. The Balaban J connectivity index is 1.93. The Morgan fingerprint density at radius 3 is 2.71 bits per heavy atom. The van der Waals surface area contributed by atoms with Crippen molar-refractivity contribution in [3.8, 4) is 0 Å². The molecule has 6 nitrogen and oxygen atoms in total. The lowest BCUT2D eigenvalue weighted by molar-refractivity contribution is 0.0547. The number of pyridine rings is 1. The topological polar surface area (TPSA) is 77.6 Å². The van der Waals surface area contributed by atoms with Gasteiger partial charge in [-0.05, 0) is 25.3 Å². The van der Waals surface area contributed by atoms with E-state index < -0.39 is 23.0 Å². The zero-order chi connectivity index (χ0) is 20.0. The number of fused-ring (bicyclic) bond motifs is 1. The number of carbonyl (C=O) groups is 1. The number of esters is 1. The number of carbonyl (C=O) groups excluding carboxylic acids is 1. The van der Waals surface area contributed by atoms with Crippen molar-refractivity contribution in [3.63, 3.8) is 0 Å². The Morgan fingerprint density at radius 1 is 1.36 bits per heavy atom. The Labute approximate surface area is 160 Å². The molecule has 1 aliphatic carbocycles. The van der Waals surface area contributed by atoms with Gasteiger partial charge in [-0.25, -0.2) is 13.6 Å². The molecule has 0 bridgehead atoms. The van der Waals surface area contributed by atoms with Crippen LogP contribution in [0.5, 0.6) is 0 Å². The first-order chi connectivity index (χ1) is 13.4. The van der Waals surface area contributed by atoms with E-state index in [4.69, 9.17) is 10.5 Å². The molecule has 1 saturated carbocycles. The van der Waals surface area contributed by atoms with Gasteiger partial charge in [0.15, 0.2) is 5.82 Å². The van der Waals surface area contributed by atoms with Crippen molar-refractivity contribution in [1.82, 2.24) is 4.57 Å². The first-order valence-corrected chi connectivity index (χ1v) is 9.27. The summed E-state index contributed by atoms with van der Waals surface area (Å²) in [4.78, 5) is 26.6. The van der Waals surface area contributed by atoms with Crippen LogP contribution in [0.4, 0.5) is 14.5 Å². The largest absolute Gasteiger partial charge is 0.458 e. The van der Waals surface area contributed by atoms with E-state index in [1.807, 2.05) is 0 Å². The van der Waals surface area contributed by atoms with Gasteiger partial charge in [0.05, 0.1) is 10.9 Å². The molecule has 0 spiro atoms. The molecule has 2 aliphatic rings. The Kier molecular flexibility index (Phi) is 4.66. The van der Waals surface area contributed by atoms with Crippen molar-refractivity contribution in [3.05, 3.63) is 52.3 Å². The van der Waals surface area contributed by atoms with E-state index in [2.05, 4.69) is 6.58 Å². The van der Waals surface area contributed by atoms with Crippen LogP contribution in [0.3, 0.4) is 0 Å². The number of nitrogens with zero attached hydrogens (tertiary/aromatic N) is 2. The molecule has 1 saturated heterocycles. The van der Waals surface area contributed by atoms with E-state index in [9.17, 15) is 14.0 Å². The van der Waals surface area contributed by atoms with Crippen LogP contribution in [0.1, 0.15) is 35.7 Å². The van der Waals surface area contributed by atoms with Crippen LogP contribution in [0.15, 0.2) is 29.7 Å². The summed E-state index contributed by atoms with van der Waals surface area (Å²) < 4.78 is 36.8. The van der Waals surface area contributed by atoms with Crippen molar-refractivity contribution in [2.75, 3.05) is 24.6 Å². The molecule has 2 aromatic rings. The van der Waals surface area contributed by atoms with Crippen molar-refractivity contribution in [2.24, 2.45) is 5.73 Å². The lowest BCUT2D eigenvalue weighted by Crippen LogP contribution is -2.28. The summed E-state index contributed by atoms with van der Waals surface area (Å²) in [7, 11) is 0. The predicted molar refractivity (Wildman–Crippen MR) is 102 cm³/mol. The maximum atomic E-state index is 15.5. The molecule has 2 N–H and O–H groups in total. The molecule has 1 aliphatic heterocycles. The van der Waals surface area contributed by atoms with Crippen molar-refractivity contribution in [1.29, 1.82) is 0 Å². The summed E-state index contributed by atoms with van der Waals surface area (Å²) in [6.45, 7) is 4.19. The molecular weight excluding hydrogens is 368 g/mol. The zero-order valence-corrected chi connectivity index (χ0v) is 15.3. The van der Waals surface area contributed by atoms with E-state index >= 15 is 4.39 Å². The Hall–Kier alpha value is -2.74. The van der Waals surface area contributed by atoms with Gasteiger partial charge in [0.25, 0.3) is 0 Å². The maximum Gasteiger partial charge on any atom is 0.343 e. The number of hydrogen-bond donors (Lipinski definition) is 1. The quantitative estimate of drug-likeness (QED) is 0.628. The fourth-order valence-corrected chi connectivity index (χ4v) is 3.71. The lowest BCUT2D eigenvalue weighted by Gasteiger charge is -2.22. The lowest BCUT2D eigenvalue weighted by atomic mass is 10.1. The number of anilines is 1. The summed E-state index contributed by atoms with van der Waals surface area (Å²) in [6.07, 6.45) is 4.93. The molecule has 4 rings (SSSR count). The van der Waals surface area contributed by atoms with Crippen LogP contribution >= 0.6 is 0 Å². The standard InChI is InChI=1S/C20H21F2N3O3/c1-2-7-28-20(27)14-10-25(12-3-4-12)17-13(19(14)26)8-15(21)18(16(17)22)24-6-5-11(23)9-24/h2,8,10-12H,1,3-7,9,23H2. The first kappa shape index (κ1) is 18.6. The summed E-state index contributed by atoms with van der Waals surface area (Å²) in [5.74, 6) is -2.47. The smallest absolute Gasteiger partial charge is 0.343 e. The summed E-state index contributed by atoms with van der Waals surface area (Å²) in [5.41, 5.74) is 4.74. The third-order valence-corrected chi connectivity index (χ3v) is 5.22. The third kappa shape index (κ3) is 3.07. The minimum absolute atomic E-state index is 0.0182. The molecule has 1 aromatic carbocycles. The summed E-state index contributed by atoms with van der Waals surface area (Å²) in [6, 6.07) is 0.827. The van der Waals surface area contributed by atoms with Gasteiger partial charge in [-0.15, -0.1) is 0 Å². The van der Waals surface area contributed by atoms with Gasteiger partial charge in [0.2, 0.25) is 5.43 Å². The highest BCUT2D eigenvalue weighted by Gasteiger charge is 2.32. The third-order valence-electron chi connectivity index (χ3n) is 5.22. The summed E-state index contributed by atoms with van der Waals surface area (Å²) in [5, 5.41) is -0.165. The van der Waals surface area contributed by atoms with Crippen LogP contribution in [0.2, 0.25) is 0 Å². The highest BCUT2D eigenvalue weighted by atomic mass is 19.1. The van der Waals surface area contributed by atoms with Crippen molar-refractivity contribution >= 4 is 22.6 Å². The predicted octanol–water partition coefficient (Wildman–Crippen LogP) is 2.49. The van der Waals surface area contributed by atoms with Crippen molar-refractivity contribution in [2.45, 2.75) is 31.3 Å². The van der Waals surface area contributed by atoms with Gasteiger partial charge >= 0.3 is 5.97 Å². The van der Waals surface area contributed by atoms with Gasteiger partial charge < -0.3 is 19.9 Å². The van der Waals surface area contributed by atoms with Crippen LogP contribution in [-0.4, -0.2) is 36.3 Å². The molecule has 0 radical (unpaired) electrons. The minimum Gasteiger partial charge on any atom is -0.458 e. The fourth-order valence-electron chi connectivity index (χ4n) is 3.71. The molecule has 1 unspecified atom stereocenters. The number of nitrogens with two attached hydrogens (primary N) is 1. The maximum absolute atomic E-state index is 15.5. The molecule has 8 heteroatoms. The molecule has 0 amide bonds. The second kappa shape index (κ2) is 7.01. The second-order valence-electron chi connectivity index (χ2n) is 7.31. The molecule has 28 heavy (non-hydrogen) atoms. The number of aromatic nitrogens is 1. The monoisotopic (exact) mass is 389 g/mol. The average molecular weight is 389 g/mol. The number of ether oxygens (including phenoxy) is 1. The zero-order valence-electron chi connectivity index (χ0n) is 15.3. The Bertz CT molecular complexity index is 1030. The minimum atomic E-state index is -0.838. The molecule has 1 aromatic heterocycles. The average Bonchev–Trinajstić information content (AvgIpc) is 3.42. The van der Waals surface area contributed by atoms with Crippen LogP contribution in [-0.2, 0) is 4.74 Å². The van der Waals surface area contributed by atoms with Gasteiger partial charge in [0, 0.05) is 31.4 Å². The van der Waals surface area contributed by atoms with Gasteiger partial charge in [-0.2, -0.15) is 0 Å². The van der Waals surface area contributed by atoms with E-state index in [0.29, 0.717) is 19.5 Å². The van der Waals surface area contributed by atoms with E-state index in [1.54, 1.807) is 9.47 Å². The summed E-state index contributed by atoms with van der Waals surface area (Å²) >= 11 is 0. The van der Waals surface area contributed by atoms with Gasteiger partial charge in [-0.1, -0.05) is 12.7 Å². The highest BCUT2D eigenvalue weighted by molar-refractivity contribution is 5.95. The molecule has 2 heterocycles. The highest BCUT2D eigenvalue weighted by Crippen LogP contribution is 2.40. The van der Waals surface area contributed by atoms with Crippen LogP contribution in [0.25, 0.3) is 10.9 Å². The van der Waals surface area contributed by atoms with Gasteiger partial charge in [-0.3, -0.25) is 4.79 Å². The van der Waals surface area contributed by atoms with E-state index in [0.717, 1.165) is 18.9 Å². The SMILES string of the molecule is C=CCOC(=O)c1cn(C2CC2)c2c(F)c(N3CCC(N)C3)c(F)cc2c1=O. The first-order valence-electron chi connectivity index (χ1n) is 9.27. The molecular formula is C20H21F2N3O3.